The molecule has 128 valence electrons. The Labute approximate surface area is 154 Å². The Hall–Kier alpha value is -3.19. The smallest absolute Gasteiger partial charge is 0.264 e. The summed E-state index contributed by atoms with van der Waals surface area (Å²) < 4.78 is 5.36. The second-order valence-corrected chi connectivity index (χ2v) is 6.49. The summed E-state index contributed by atoms with van der Waals surface area (Å²) in [7, 11) is 1.61. The molecule has 4 rings (SSSR count). The van der Waals surface area contributed by atoms with E-state index in [4.69, 9.17) is 4.74 Å². The quantitative estimate of drug-likeness (QED) is 0.721. The van der Waals surface area contributed by atoms with Crippen LogP contribution < -0.4 is 10.1 Å². The van der Waals surface area contributed by atoms with Gasteiger partial charge in [-0.1, -0.05) is 18.2 Å². The summed E-state index contributed by atoms with van der Waals surface area (Å²) in [5.41, 5.74) is 2.13. The van der Waals surface area contributed by atoms with Crippen LogP contribution in [0.4, 0.5) is 5.69 Å². The highest BCUT2D eigenvalue weighted by Crippen LogP contribution is 2.29. The zero-order valence-corrected chi connectivity index (χ0v) is 14.7. The molecular weight excluding hydrogens is 348 g/mol. The molecule has 0 spiro atoms. The molecule has 26 heavy (non-hydrogen) atoms. The largest absolute Gasteiger partial charge is 0.494 e. The fourth-order valence-electron chi connectivity index (χ4n) is 2.53. The monoisotopic (exact) mass is 362 g/mol. The van der Waals surface area contributed by atoms with E-state index in [0.717, 1.165) is 10.9 Å². The van der Waals surface area contributed by atoms with E-state index >= 15 is 0 Å². The van der Waals surface area contributed by atoms with Gasteiger partial charge in [0.25, 0.3) is 5.91 Å². The van der Waals surface area contributed by atoms with E-state index < -0.39 is 0 Å². The Kier molecular flexibility index (Phi) is 4.37. The predicted molar refractivity (Wildman–Crippen MR) is 103 cm³/mol. The van der Waals surface area contributed by atoms with Crippen LogP contribution in [0.5, 0.6) is 5.75 Å². The van der Waals surface area contributed by atoms with Crippen molar-refractivity contribution in [3.05, 3.63) is 65.5 Å². The number of aliphatic imine (C=N–C) groups is 1. The molecule has 1 aromatic carbocycles. The Bertz CT molecular complexity index is 1050. The Balaban J connectivity index is 1.65. The first-order valence-corrected chi connectivity index (χ1v) is 8.68. The number of nitrogens with one attached hydrogen (secondary N) is 1. The highest BCUT2D eigenvalue weighted by molar-refractivity contribution is 8.18. The number of methoxy groups -OCH3 is 1. The number of rotatable bonds is 3. The molecule has 0 radical (unpaired) electrons. The number of benzene rings is 1. The first-order chi connectivity index (χ1) is 12.7. The lowest BCUT2D eigenvalue weighted by atomic mass is 10.2. The van der Waals surface area contributed by atoms with Gasteiger partial charge < -0.3 is 10.1 Å². The Morgan fingerprint density at radius 1 is 1.19 bits per heavy atom. The standard InChI is InChI=1S/C19H14N4O2S/c1-25-15-6-2-4-12-7-8-13(21-17(12)15)10-16-18(24)23-19(26-16)22-14-5-3-9-20-11-14/h2-11H,1H3,(H,22,23,24). The number of pyridine rings is 2. The van der Waals surface area contributed by atoms with E-state index in [1.165, 1.54) is 11.8 Å². The van der Waals surface area contributed by atoms with Gasteiger partial charge in [0.15, 0.2) is 5.17 Å². The number of carbonyl (C=O) groups is 1. The molecule has 6 nitrogen and oxygen atoms in total. The lowest BCUT2D eigenvalue weighted by Gasteiger charge is -2.05. The van der Waals surface area contributed by atoms with Crippen LogP contribution in [0.15, 0.2) is 64.8 Å². The summed E-state index contributed by atoms with van der Waals surface area (Å²) in [6.45, 7) is 0. The third-order valence-electron chi connectivity index (χ3n) is 3.73. The highest BCUT2D eigenvalue weighted by atomic mass is 32.2. The number of para-hydroxylation sites is 1. The first kappa shape index (κ1) is 16.3. The Morgan fingerprint density at radius 2 is 2.12 bits per heavy atom. The molecular formula is C19H14N4O2S. The maximum absolute atomic E-state index is 12.2. The molecule has 1 aliphatic heterocycles. The molecule has 2 aromatic heterocycles. The number of amidine groups is 1. The third kappa shape index (κ3) is 3.29. The highest BCUT2D eigenvalue weighted by Gasteiger charge is 2.24. The van der Waals surface area contributed by atoms with E-state index in [-0.39, 0.29) is 5.91 Å². The number of carbonyl (C=O) groups excluding carboxylic acids is 1. The molecule has 0 bridgehead atoms. The van der Waals surface area contributed by atoms with Gasteiger partial charge in [-0.25, -0.2) is 9.98 Å². The third-order valence-corrected chi connectivity index (χ3v) is 4.64. The predicted octanol–water partition coefficient (Wildman–Crippen LogP) is 3.53. The molecule has 1 amide bonds. The van der Waals surface area contributed by atoms with Crippen LogP contribution in [0, 0.1) is 0 Å². The van der Waals surface area contributed by atoms with E-state index in [2.05, 4.69) is 20.3 Å². The minimum Gasteiger partial charge on any atom is -0.494 e. The van der Waals surface area contributed by atoms with Crippen molar-refractivity contribution in [2.75, 3.05) is 7.11 Å². The van der Waals surface area contributed by atoms with Gasteiger partial charge >= 0.3 is 0 Å². The van der Waals surface area contributed by atoms with Crippen LogP contribution in [0.1, 0.15) is 5.69 Å². The lowest BCUT2D eigenvalue weighted by molar-refractivity contribution is -0.115. The zero-order valence-electron chi connectivity index (χ0n) is 13.8. The van der Waals surface area contributed by atoms with Gasteiger partial charge in [0.2, 0.25) is 0 Å². The fraction of sp³-hybridized carbons (Fsp3) is 0.0526. The minimum atomic E-state index is -0.195. The molecule has 0 aliphatic carbocycles. The number of thioether (sulfide) groups is 1. The maximum Gasteiger partial charge on any atom is 0.264 e. The molecule has 0 unspecified atom stereocenters. The first-order valence-electron chi connectivity index (χ1n) is 7.86. The van der Waals surface area contributed by atoms with Gasteiger partial charge in [-0.2, -0.15) is 0 Å². The zero-order chi connectivity index (χ0) is 17.9. The van der Waals surface area contributed by atoms with Crippen LogP contribution in [-0.2, 0) is 4.79 Å². The molecule has 0 atom stereocenters. The average molecular weight is 362 g/mol. The average Bonchev–Trinajstić information content (AvgIpc) is 3.01. The summed E-state index contributed by atoms with van der Waals surface area (Å²) in [6.07, 6.45) is 5.06. The van der Waals surface area contributed by atoms with Gasteiger partial charge in [-0.05, 0) is 42.1 Å². The topological polar surface area (TPSA) is 76.5 Å². The number of aromatic nitrogens is 2. The number of nitrogens with zero attached hydrogens (tertiary/aromatic N) is 3. The second kappa shape index (κ2) is 6.97. The normalized spacial score (nSPS) is 17.0. The number of hydrogen-bond acceptors (Lipinski definition) is 6. The lowest BCUT2D eigenvalue weighted by Crippen LogP contribution is -2.19. The summed E-state index contributed by atoms with van der Waals surface area (Å²) in [4.78, 5) is 25.8. The Morgan fingerprint density at radius 3 is 2.92 bits per heavy atom. The van der Waals surface area contributed by atoms with Gasteiger partial charge in [0, 0.05) is 11.6 Å². The summed E-state index contributed by atoms with van der Waals surface area (Å²) in [6, 6.07) is 13.2. The van der Waals surface area contributed by atoms with Gasteiger partial charge in [-0.3, -0.25) is 9.78 Å². The van der Waals surface area contributed by atoms with Crippen molar-refractivity contribution in [2.24, 2.45) is 4.99 Å². The molecule has 3 heterocycles. The van der Waals surface area contributed by atoms with Crippen molar-refractivity contribution in [1.82, 2.24) is 15.3 Å². The maximum atomic E-state index is 12.2. The number of fused-ring (bicyclic) bond motifs is 1. The minimum absolute atomic E-state index is 0.195. The van der Waals surface area contributed by atoms with Crippen molar-refractivity contribution in [2.45, 2.75) is 0 Å². The molecule has 1 N–H and O–H groups in total. The molecule has 3 aromatic rings. The molecule has 1 fully saturated rings. The van der Waals surface area contributed by atoms with Gasteiger partial charge in [-0.15, -0.1) is 0 Å². The fourth-order valence-corrected chi connectivity index (χ4v) is 3.36. The van der Waals surface area contributed by atoms with E-state index in [0.29, 0.717) is 27.2 Å². The summed E-state index contributed by atoms with van der Waals surface area (Å²) in [5, 5.41) is 4.26. The van der Waals surface area contributed by atoms with Gasteiger partial charge in [0.1, 0.15) is 11.3 Å². The molecule has 7 heteroatoms. The van der Waals surface area contributed by atoms with Crippen molar-refractivity contribution in [3.8, 4) is 5.75 Å². The van der Waals surface area contributed by atoms with Crippen molar-refractivity contribution >= 4 is 45.5 Å². The van der Waals surface area contributed by atoms with Crippen LogP contribution >= 0.6 is 11.8 Å². The van der Waals surface area contributed by atoms with Crippen molar-refractivity contribution in [1.29, 1.82) is 0 Å². The molecule has 0 saturated carbocycles. The van der Waals surface area contributed by atoms with E-state index in [1.807, 2.05) is 36.4 Å². The van der Waals surface area contributed by atoms with Crippen LogP contribution in [0.3, 0.4) is 0 Å². The van der Waals surface area contributed by atoms with Crippen molar-refractivity contribution < 1.29 is 9.53 Å². The SMILES string of the molecule is COc1cccc2ccc(C=C3SC(=Nc4cccnc4)NC3=O)nc12. The van der Waals surface area contributed by atoms with E-state index in [1.54, 1.807) is 31.6 Å². The number of hydrogen-bond donors (Lipinski definition) is 1. The van der Waals surface area contributed by atoms with Gasteiger partial charge in [0.05, 0.1) is 29.6 Å². The van der Waals surface area contributed by atoms with Crippen LogP contribution in [0.2, 0.25) is 0 Å². The number of ether oxygens (including phenoxy) is 1. The summed E-state index contributed by atoms with van der Waals surface area (Å²) >= 11 is 1.28. The van der Waals surface area contributed by atoms with Crippen LogP contribution in [-0.4, -0.2) is 28.2 Å². The van der Waals surface area contributed by atoms with Crippen LogP contribution in [0.25, 0.3) is 17.0 Å². The molecule has 1 saturated heterocycles. The van der Waals surface area contributed by atoms with E-state index in [9.17, 15) is 4.79 Å². The summed E-state index contributed by atoms with van der Waals surface area (Å²) in [5.74, 6) is 0.504. The van der Waals surface area contributed by atoms with Crippen molar-refractivity contribution in [3.63, 3.8) is 0 Å². The number of amides is 1. The second-order valence-electron chi connectivity index (χ2n) is 5.46. The molecule has 1 aliphatic rings.